The van der Waals surface area contributed by atoms with E-state index in [4.69, 9.17) is 5.73 Å². The number of aromatic nitrogens is 1. The minimum Gasteiger partial charge on any atom is -0.379 e. The normalized spacial score (nSPS) is 13.9. The zero-order valence-electron chi connectivity index (χ0n) is 10.6. The molecule has 1 heterocycles. The van der Waals surface area contributed by atoms with Crippen molar-refractivity contribution in [2.45, 2.75) is 25.8 Å². The Kier molecular flexibility index (Phi) is 4.45. The first-order valence-electron chi connectivity index (χ1n) is 5.71. The Morgan fingerprint density at radius 2 is 2.29 bits per heavy atom. The monoisotopic (exact) mass is 236 g/mol. The second-order valence-corrected chi connectivity index (χ2v) is 4.25. The zero-order valence-corrected chi connectivity index (χ0v) is 10.6. The van der Waals surface area contributed by atoms with Crippen LogP contribution >= 0.6 is 0 Å². The molecular weight excluding hydrogens is 216 g/mol. The summed E-state index contributed by atoms with van der Waals surface area (Å²) in [7, 11) is 1.58. The number of carbonyl (C=O) groups is 1. The van der Waals surface area contributed by atoms with E-state index < -0.39 is 0 Å². The summed E-state index contributed by atoms with van der Waals surface area (Å²) in [6, 6.07) is 3.55. The van der Waals surface area contributed by atoms with Crippen LogP contribution in [0.1, 0.15) is 30.8 Å². The standard InChI is InChI=1S/C12H20N4O/c1-4-12(2,8-13)16-9-5-6-15-10(7-9)11(17)14-3/h5-7H,4,8,13H2,1-3H3,(H,14,17)(H,15,16). The predicted octanol–water partition coefficient (Wildman–Crippen LogP) is 0.981. The Labute approximate surface area is 102 Å². The number of anilines is 1. The molecule has 5 nitrogen and oxygen atoms in total. The highest BCUT2D eigenvalue weighted by atomic mass is 16.1. The molecule has 4 N–H and O–H groups in total. The summed E-state index contributed by atoms with van der Waals surface area (Å²) in [6.07, 6.45) is 2.51. The maximum absolute atomic E-state index is 11.4. The molecule has 1 aromatic rings. The average molecular weight is 236 g/mol. The van der Waals surface area contributed by atoms with E-state index in [-0.39, 0.29) is 11.4 Å². The fourth-order valence-corrected chi connectivity index (χ4v) is 1.39. The van der Waals surface area contributed by atoms with E-state index >= 15 is 0 Å². The Morgan fingerprint density at radius 1 is 1.59 bits per heavy atom. The molecule has 94 valence electrons. The predicted molar refractivity (Wildman–Crippen MR) is 69.0 cm³/mol. The summed E-state index contributed by atoms with van der Waals surface area (Å²) in [5, 5.41) is 5.87. The molecule has 0 spiro atoms. The second-order valence-electron chi connectivity index (χ2n) is 4.25. The summed E-state index contributed by atoms with van der Waals surface area (Å²) < 4.78 is 0. The van der Waals surface area contributed by atoms with Crippen LogP contribution in [0.5, 0.6) is 0 Å². The maximum atomic E-state index is 11.4. The van der Waals surface area contributed by atoms with Crippen LogP contribution in [0.4, 0.5) is 5.69 Å². The third-order valence-electron chi connectivity index (χ3n) is 2.90. The first-order chi connectivity index (χ1) is 8.04. The Hall–Kier alpha value is -1.62. The van der Waals surface area contributed by atoms with Crippen LogP contribution in [0.3, 0.4) is 0 Å². The van der Waals surface area contributed by atoms with Gasteiger partial charge in [0, 0.05) is 31.0 Å². The van der Waals surface area contributed by atoms with E-state index in [1.54, 1.807) is 19.3 Å². The number of nitrogens with two attached hydrogens (primary N) is 1. The van der Waals surface area contributed by atoms with Gasteiger partial charge < -0.3 is 16.4 Å². The van der Waals surface area contributed by atoms with Crippen molar-refractivity contribution in [3.8, 4) is 0 Å². The molecule has 1 aromatic heterocycles. The molecule has 0 saturated carbocycles. The average Bonchev–Trinajstić information content (AvgIpc) is 2.38. The van der Waals surface area contributed by atoms with E-state index in [0.717, 1.165) is 12.1 Å². The zero-order chi connectivity index (χ0) is 12.9. The number of hydrogen-bond donors (Lipinski definition) is 3. The van der Waals surface area contributed by atoms with Crippen LogP contribution in [0.25, 0.3) is 0 Å². The Morgan fingerprint density at radius 3 is 2.82 bits per heavy atom. The van der Waals surface area contributed by atoms with E-state index in [2.05, 4.69) is 22.5 Å². The molecule has 1 amide bonds. The first kappa shape index (κ1) is 13.4. The van der Waals surface area contributed by atoms with Crippen molar-refractivity contribution in [1.82, 2.24) is 10.3 Å². The topological polar surface area (TPSA) is 80.0 Å². The first-order valence-corrected chi connectivity index (χ1v) is 5.71. The molecule has 1 unspecified atom stereocenters. The fraction of sp³-hybridized carbons (Fsp3) is 0.500. The molecule has 1 rings (SSSR count). The molecule has 0 bridgehead atoms. The van der Waals surface area contributed by atoms with Gasteiger partial charge in [-0.2, -0.15) is 0 Å². The van der Waals surface area contributed by atoms with Crippen molar-refractivity contribution in [1.29, 1.82) is 0 Å². The van der Waals surface area contributed by atoms with Gasteiger partial charge in [0.15, 0.2) is 0 Å². The van der Waals surface area contributed by atoms with Gasteiger partial charge in [0.1, 0.15) is 5.69 Å². The lowest BCUT2D eigenvalue weighted by Gasteiger charge is -2.29. The molecule has 0 saturated heterocycles. The van der Waals surface area contributed by atoms with Crippen molar-refractivity contribution < 1.29 is 4.79 Å². The fourth-order valence-electron chi connectivity index (χ4n) is 1.39. The van der Waals surface area contributed by atoms with Gasteiger partial charge in [-0.15, -0.1) is 0 Å². The van der Waals surface area contributed by atoms with Gasteiger partial charge in [0.2, 0.25) is 0 Å². The molecule has 0 radical (unpaired) electrons. The SMILES string of the molecule is CCC(C)(CN)Nc1ccnc(C(=O)NC)c1. The van der Waals surface area contributed by atoms with E-state index in [9.17, 15) is 4.79 Å². The lowest BCUT2D eigenvalue weighted by atomic mass is 9.99. The molecular formula is C12H20N4O. The van der Waals surface area contributed by atoms with Gasteiger partial charge in [-0.25, -0.2) is 0 Å². The van der Waals surface area contributed by atoms with Crippen molar-refractivity contribution >= 4 is 11.6 Å². The molecule has 0 aromatic carbocycles. The largest absolute Gasteiger partial charge is 0.379 e. The molecule has 0 fully saturated rings. The Bertz CT molecular complexity index is 388. The Balaban J connectivity index is 2.89. The van der Waals surface area contributed by atoms with Crippen LogP contribution in [-0.4, -0.2) is 30.0 Å². The minimum absolute atomic E-state index is 0.165. The van der Waals surface area contributed by atoms with Crippen molar-refractivity contribution in [2.24, 2.45) is 5.73 Å². The summed E-state index contributed by atoms with van der Waals surface area (Å²) in [5.41, 5.74) is 6.82. The highest BCUT2D eigenvalue weighted by molar-refractivity contribution is 5.92. The van der Waals surface area contributed by atoms with Crippen molar-refractivity contribution in [3.05, 3.63) is 24.0 Å². The summed E-state index contributed by atoms with van der Waals surface area (Å²) in [6.45, 7) is 4.65. The summed E-state index contributed by atoms with van der Waals surface area (Å²) >= 11 is 0. The van der Waals surface area contributed by atoms with E-state index in [1.807, 2.05) is 13.0 Å². The van der Waals surface area contributed by atoms with E-state index in [1.165, 1.54) is 0 Å². The lowest BCUT2D eigenvalue weighted by molar-refractivity contribution is 0.0958. The molecule has 17 heavy (non-hydrogen) atoms. The summed E-state index contributed by atoms with van der Waals surface area (Å²) in [4.78, 5) is 15.5. The van der Waals surface area contributed by atoms with Crippen LogP contribution in [0, 0.1) is 0 Å². The quantitative estimate of drug-likeness (QED) is 0.712. The van der Waals surface area contributed by atoms with Crippen LogP contribution in [0.15, 0.2) is 18.3 Å². The molecule has 0 aliphatic carbocycles. The number of nitrogens with zero attached hydrogens (tertiary/aromatic N) is 1. The van der Waals surface area contributed by atoms with Crippen LogP contribution < -0.4 is 16.4 Å². The smallest absolute Gasteiger partial charge is 0.269 e. The van der Waals surface area contributed by atoms with Gasteiger partial charge in [-0.05, 0) is 25.5 Å². The van der Waals surface area contributed by atoms with Crippen LogP contribution in [-0.2, 0) is 0 Å². The summed E-state index contributed by atoms with van der Waals surface area (Å²) in [5.74, 6) is -0.195. The number of nitrogens with one attached hydrogen (secondary N) is 2. The molecule has 1 atom stereocenters. The molecule has 0 aliphatic heterocycles. The third kappa shape index (κ3) is 3.42. The second kappa shape index (κ2) is 5.63. The maximum Gasteiger partial charge on any atom is 0.269 e. The van der Waals surface area contributed by atoms with Crippen molar-refractivity contribution in [3.63, 3.8) is 0 Å². The highest BCUT2D eigenvalue weighted by Gasteiger charge is 2.19. The minimum atomic E-state index is -0.195. The number of pyridine rings is 1. The van der Waals surface area contributed by atoms with Gasteiger partial charge in [-0.3, -0.25) is 9.78 Å². The lowest BCUT2D eigenvalue weighted by Crippen LogP contribution is -2.41. The van der Waals surface area contributed by atoms with Crippen molar-refractivity contribution in [2.75, 3.05) is 18.9 Å². The molecule has 5 heteroatoms. The van der Waals surface area contributed by atoms with Gasteiger partial charge >= 0.3 is 0 Å². The highest BCUT2D eigenvalue weighted by Crippen LogP contribution is 2.17. The van der Waals surface area contributed by atoms with Crippen LogP contribution in [0.2, 0.25) is 0 Å². The number of amides is 1. The van der Waals surface area contributed by atoms with Gasteiger partial charge in [0.25, 0.3) is 5.91 Å². The molecule has 0 aliphatic rings. The number of rotatable bonds is 5. The number of hydrogen-bond acceptors (Lipinski definition) is 4. The number of carbonyl (C=O) groups excluding carboxylic acids is 1. The van der Waals surface area contributed by atoms with Gasteiger partial charge in [-0.1, -0.05) is 6.92 Å². The third-order valence-corrected chi connectivity index (χ3v) is 2.90. The van der Waals surface area contributed by atoms with Gasteiger partial charge in [0.05, 0.1) is 0 Å². The van der Waals surface area contributed by atoms with E-state index in [0.29, 0.717) is 12.2 Å².